The van der Waals surface area contributed by atoms with Gasteiger partial charge in [-0.15, -0.1) is 0 Å². The molecular weight excluding hydrogens is 250 g/mol. The molecule has 2 aromatic heterocycles. The van der Waals surface area contributed by atoms with Gasteiger partial charge in [-0.2, -0.15) is 14.6 Å². The number of fused-ring (bicyclic) bond motifs is 3. The molecule has 4 rings (SSSR count). The minimum Gasteiger partial charge on any atom is -0.353 e. The van der Waals surface area contributed by atoms with Gasteiger partial charge in [0.1, 0.15) is 12.1 Å². The lowest BCUT2D eigenvalue weighted by Gasteiger charge is -2.29. The molecule has 1 aliphatic carbocycles. The zero-order chi connectivity index (χ0) is 13.5. The van der Waals surface area contributed by atoms with Gasteiger partial charge in [0.15, 0.2) is 0 Å². The molecule has 5 nitrogen and oxygen atoms in total. The molecule has 1 fully saturated rings. The summed E-state index contributed by atoms with van der Waals surface area (Å²) in [6.45, 7) is 3.21. The van der Waals surface area contributed by atoms with Gasteiger partial charge in [0.05, 0.1) is 0 Å². The van der Waals surface area contributed by atoms with Crippen LogP contribution in [0.15, 0.2) is 6.33 Å². The van der Waals surface area contributed by atoms with Crippen molar-refractivity contribution in [2.75, 3.05) is 11.4 Å². The highest BCUT2D eigenvalue weighted by Crippen LogP contribution is 2.34. The highest BCUT2D eigenvalue weighted by atomic mass is 15.4. The van der Waals surface area contributed by atoms with Crippen molar-refractivity contribution in [3.63, 3.8) is 0 Å². The van der Waals surface area contributed by atoms with Crippen LogP contribution in [0.4, 0.5) is 5.82 Å². The molecule has 2 aromatic rings. The summed E-state index contributed by atoms with van der Waals surface area (Å²) >= 11 is 0. The lowest BCUT2D eigenvalue weighted by molar-refractivity contribution is 0.530. The molecule has 0 atom stereocenters. The van der Waals surface area contributed by atoms with E-state index in [2.05, 4.69) is 26.9 Å². The maximum Gasteiger partial charge on any atom is 0.254 e. The van der Waals surface area contributed by atoms with E-state index in [1.165, 1.54) is 49.9 Å². The summed E-state index contributed by atoms with van der Waals surface area (Å²) in [7, 11) is 0. The molecule has 0 bridgehead atoms. The van der Waals surface area contributed by atoms with Crippen molar-refractivity contribution in [2.24, 2.45) is 0 Å². The van der Waals surface area contributed by atoms with E-state index in [9.17, 15) is 0 Å². The van der Waals surface area contributed by atoms with Crippen molar-refractivity contribution in [2.45, 2.75) is 57.9 Å². The van der Waals surface area contributed by atoms with Crippen LogP contribution in [0.5, 0.6) is 0 Å². The second-order valence-electron chi connectivity index (χ2n) is 6.06. The Morgan fingerprint density at radius 2 is 1.95 bits per heavy atom. The predicted molar refractivity (Wildman–Crippen MR) is 78.1 cm³/mol. The molecule has 5 heteroatoms. The summed E-state index contributed by atoms with van der Waals surface area (Å²) in [5.41, 5.74) is 2.49. The van der Waals surface area contributed by atoms with Crippen LogP contribution >= 0.6 is 0 Å². The molecule has 0 unspecified atom stereocenters. The Morgan fingerprint density at radius 1 is 1.15 bits per heavy atom. The van der Waals surface area contributed by atoms with Gasteiger partial charge in [0.25, 0.3) is 5.78 Å². The van der Waals surface area contributed by atoms with E-state index < -0.39 is 0 Å². The topological polar surface area (TPSA) is 46.3 Å². The Morgan fingerprint density at radius 3 is 2.75 bits per heavy atom. The van der Waals surface area contributed by atoms with Crippen molar-refractivity contribution >= 4 is 11.6 Å². The van der Waals surface area contributed by atoms with Crippen LogP contribution in [0.2, 0.25) is 0 Å². The van der Waals surface area contributed by atoms with E-state index in [-0.39, 0.29) is 0 Å². The molecule has 0 amide bonds. The maximum atomic E-state index is 4.57. The number of hydrogen-bond acceptors (Lipinski definition) is 4. The minimum atomic E-state index is 0.674. The van der Waals surface area contributed by atoms with E-state index in [4.69, 9.17) is 0 Å². The Bertz CT molecular complexity index is 624. The predicted octanol–water partition coefficient (Wildman–Crippen LogP) is 2.52. The van der Waals surface area contributed by atoms with Gasteiger partial charge < -0.3 is 4.90 Å². The molecular formula is C15H21N5. The van der Waals surface area contributed by atoms with Crippen LogP contribution in [0.1, 0.15) is 49.8 Å². The third kappa shape index (κ3) is 1.79. The summed E-state index contributed by atoms with van der Waals surface area (Å²) in [6.07, 6.45) is 10.9. The van der Waals surface area contributed by atoms with Crippen molar-refractivity contribution in [1.82, 2.24) is 19.6 Å². The molecule has 106 valence electrons. The third-order valence-corrected chi connectivity index (χ3v) is 4.84. The van der Waals surface area contributed by atoms with Crippen LogP contribution in [0.25, 0.3) is 5.78 Å². The van der Waals surface area contributed by atoms with Crippen LogP contribution in [0.3, 0.4) is 0 Å². The van der Waals surface area contributed by atoms with Crippen molar-refractivity contribution in [1.29, 1.82) is 0 Å². The number of rotatable bonds is 1. The molecule has 0 saturated heterocycles. The number of anilines is 1. The van der Waals surface area contributed by atoms with E-state index in [1.807, 2.05) is 4.52 Å². The van der Waals surface area contributed by atoms with E-state index in [1.54, 1.807) is 6.33 Å². The fraction of sp³-hybridized carbons (Fsp3) is 0.667. The zero-order valence-corrected chi connectivity index (χ0v) is 12.0. The fourth-order valence-corrected chi connectivity index (χ4v) is 3.82. The maximum absolute atomic E-state index is 4.57. The molecule has 0 aromatic carbocycles. The molecule has 3 heterocycles. The lowest BCUT2D eigenvalue weighted by Crippen LogP contribution is -2.34. The lowest BCUT2D eigenvalue weighted by atomic mass is 10.1. The van der Waals surface area contributed by atoms with Crippen LogP contribution in [-0.4, -0.2) is 32.2 Å². The number of hydrogen-bond donors (Lipinski definition) is 0. The summed E-state index contributed by atoms with van der Waals surface area (Å²) in [5, 5.41) is 4.40. The molecule has 1 aliphatic heterocycles. The third-order valence-electron chi connectivity index (χ3n) is 4.84. The molecule has 0 N–H and O–H groups in total. The first kappa shape index (κ1) is 12.1. The molecule has 0 spiro atoms. The smallest absolute Gasteiger partial charge is 0.254 e. The fourth-order valence-electron chi connectivity index (χ4n) is 3.82. The van der Waals surface area contributed by atoms with Gasteiger partial charge in [-0.3, -0.25) is 0 Å². The van der Waals surface area contributed by atoms with Gasteiger partial charge >= 0.3 is 0 Å². The Hall–Kier alpha value is -1.65. The monoisotopic (exact) mass is 271 g/mol. The standard InChI is InChI=1S/C15H21N5/c1-11-13-8-9-19(12-6-4-2-3-5-7-12)14(13)20-15(18-11)16-10-17-20/h10,12H,2-9H2,1H3. The quantitative estimate of drug-likeness (QED) is 0.748. The zero-order valence-electron chi connectivity index (χ0n) is 12.0. The average Bonchev–Trinajstić information content (AvgIpc) is 2.99. The highest BCUT2D eigenvalue weighted by molar-refractivity contribution is 5.59. The summed E-state index contributed by atoms with van der Waals surface area (Å²) in [4.78, 5) is 11.4. The Balaban J connectivity index is 1.79. The normalized spacial score (nSPS) is 20.4. The Kier molecular flexibility index (Phi) is 2.86. The average molecular weight is 271 g/mol. The van der Waals surface area contributed by atoms with Crippen LogP contribution in [-0.2, 0) is 6.42 Å². The number of aromatic nitrogens is 4. The van der Waals surface area contributed by atoms with Crippen molar-refractivity contribution in [3.8, 4) is 0 Å². The first-order valence-corrected chi connectivity index (χ1v) is 7.80. The Labute approximate surface area is 119 Å². The van der Waals surface area contributed by atoms with Gasteiger partial charge in [-0.1, -0.05) is 25.7 Å². The van der Waals surface area contributed by atoms with Crippen LogP contribution in [0, 0.1) is 6.92 Å². The minimum absolute atomic E-state index is 0.674. The van der Waals surface area contributed by atoms with E-state index >= 15 is 0 Å². The van der Waals surface area contributed by atoms with Gasteiger partial charge in [0.2, 0.25) is 0 Å². The highest BCUT2D eigenvalue weighted by Gasteiger charge is 2.31. The molecule has 2 aliphatic rings. The van der Waals surface area contributed by atoms with Gasteiger partial charge in [-0.05, 0) is 26.2 Å². The summed E-state index contributed by atoms with van der Waals surface area (Å²) in [5.74, 6) is 2.00. The summed E-state index contributed by atoms with van der Waals surface area (Å²) in [6, 6.07) is 0.674. The van der Waals surface area contributed by atoms with Crippen molar-refractivity contribution in [3.05, 3.63) is 17.6 Å². The molecule has 20 heavy (non-hydrogen) atoms. The number of nitrogens with zero attached hydrogens (tertiary/aromatic N) is 5. The van der Waals surface area contributed by atoms with E-state index in [0.29, 0.717) is 6.04 Å². The first-order valence-electron chi connectivity index (χ1n) is 7.80. The SMILES string of the molecule is Cc1nc2ncnn2c2c1CCN2C1CCCCCC1. The second-order valence-corrected chi connectivity index (χ2v) is 6.06. The van der Waals surface area contributed by atoms with E-state index in [0.717, 1.165) is 24.4 Å². The van der Waals surface area contributed by atoms with Crippen molar-refractivity contribution < 1.29 is 0 Å². The number of aryl methyl sites for hydroxylation is 1. The molecule has 0 radical (unpaired) electrons. The first-order chi connectivity index (χ1) is 9.84. The largest absolute Gasteiger partial charge is 0.353 e. The second kappa shape index (κ2) is 4.72. The molecule has 1 saturated carbocycles. The van der Waals surface area contributed by atoms with Gasteiger partial charge in [0, 0.05) is 23.8 Å². The van der Waals surface area contributed by atoms with Gasteiger partial charge in [-0.25, -0.2) is 4.98 Å². The van der Waals surface area contributed by atoms with Crippen LogP contribution < -0.4 is 4.90 Å². The summed E-state index contributed by atoms with van der Waals surface area (Å²) < 4.78 is 1.94.